The van der Waals surface area contributed by atoms with Gasteiger partial charge in [-0.15, -0.1) is 0 Å². The van der Waals surface area contributed by atoms with Gasteiger partial charge in [0.1, 0.15) is 0 Å². The van der Waals surface area contributed by atoms with Gasteiger partial charge >= 0.3 is 0 Å². The van der Waals surface area contributed by atoms with Gasteiger partial charge in [-0.3, -0.25) is 0 Å². The van der Waals surface area contributed by atoms with Gasteiger partial charge in [0.25, 0.3) is 6.01 Å². The van der Waals surface area contributed by atoms with Gasteiger partial charge in [0.15, 0.2) is 5.65 Å². The Morgan fingerprint density at radius 3 is 2.80 bits per heavy atom. The number of aromatic hydroxyl groups is 1. The number of aromatic nitrogens is 3. The van der Waals surface area contributed by atoms with Crippen LogP contribution in [-0.2, 0) is 0 Å². The second-order valence-corrected chi connectivity index (χ2v) is 3.67. The minimum absolute atomic E-state index is 0.0593. The zero-order valence-corrected chi connectivity index (χ0v) is 8.99. The molecule has 0 aliphatic carbocycles. The van der Waals surface area contributed by atoms with E-state index in [2.05, 4.69) is 28.8 Å². The smallest absolute Gasteiger partial charge is 0.293 e. The average Bonchev–Trinajstić information content (AvgIpc) is 2.61. The molecule has 4 heteroatoms. The highest BCUT2D eigenvalue weighted by atomic mass is 16.3. The molecule has 0 radical (unpaired) electrons. The van der Waals surface area contributed by atoms with Gasteiger partial charge in [0, 0.05) is 6.20 Å². The van der Waals surface area contributed by atoms with Crippen molar-refractivity contribution in [2.45, 2.75) is 32.6 Å². The Labute approximate surface area is 88.4 Å². The van der Waals surface area contributed by atoms with Gasteiger partial charge in [-0.2, -0.15) is 4.98 Å². The number of rotatable bonds is 3. The molecule has 2 heterocycles. The van der Waals surface area contributed by atoms with Crippen LogP contribution in [0.25, 0.3) is 11.2 Å². The van der Waals surface area contributed by atoms with Crippen molar-refractivity contribution < 1.29 is 5.11 Å². The molecule has 2 N–H and O–H groups in total. The summed E-state index contributed by atoms with van der Waals surface area (Å²) in [6, 6.07) is 1.94. The van der Waals surface area contributed by atoms with Crippen molar-refractivity contribution in [3.63, 3.8) is 0 Å². The summed E-state index contributed by atoms with van der Waals surface area (Å²) < 4.78 is 0. The van der Waals surface area contributed by atoms with Crippen molar-refractivity contribution in [2.75, 3.05) is 0 Å². The number of nitrogens with zero attached hydrogens (tertiary/aromatic N) is 2. The Morgan fingerprint density at radius 2 is 2.13 bits per heavy atom. The predicted molar refractivity (Wildman–Crippen MR) is 58.9 cm³/mol. The minimum Gasteiger partial charge on any atom is -0.480 e. The van der Waals surface area contributed by atoms with E-state index in [0.29, 0.717) is 11.6 Å². The fourth-order valence-corrected chi connectivity index (χ4v) is 1.99. The Morgan fingerprint density at radius 1 is 1.40 bits per heavy atom. The third-order valence-corrected chi connectivity index (χ3v) is 2.84. The second kappa shape index (κ2) is 3.88. The van der Waals surface area contributed by atoms with E-state index in [1.807, 2.05) is 6.07 Å². The van der Waals surface area contributed by atoms with Gasteiger partial charge in [-0.1, -0.05) is 13.8 Å². The zero-order valence-electron chi connectivity index (χ0n) is 8.99. The number of nitrogens with one attached hydrogen (secondary N) is 1. The molecule has 0 aliphatic rings. The summed E-state index contributed by atoms with van der Waals surface area (Å²) in [5.41, 5.74) is 2.65. The Kier molecular flexibility index (Phi) is 2.58. The average molecular weight is 205 g/mol. The van der Waals surface area contributed by atoms with Crippen LogP contribution in [0.1, 0.15) is 38.2 Å². The second-order valence-electron chi connectivity index (χ2n) is 3.67. The van der Waals surface area contributed by atoms with Crippen molar-refractivity contribution in [3.8, 4) is 6.01 Å². The largest absolute Gasteiger partial charge is 0.480 e. The Hall–Kier alpha value is -1.58. The van der Waals surface area contributed by atoms with Gasteiger partial charge in [-0.25, -0.2) is 4.98 Å². The van der Waals surface area contributed by atoms with E-state index in [0.717, 1.165) is 18.4 Å². The highest BCUT2D eigenvalue weighted by Crippen LogP contribution is 2.28. The fraction of sp³-hybridized carbons (Fsp3) is 0.455. The first-order valence-electron chi connectivity index (χ1n) is 5.29. The zero-order chi connectivity index (χ0) is 10.8. The van der Waals surface area contributed by atoms with Gasteiger partial charge in [0.05, 0.1) is 5.52 Å². The van der Waals surface area contributed by atoms with E-state index >= 15 is 0 Å². The van der Waals surface area contributed by atoms with Crippen LogP contribution in [0.15, 0.2) is 12.3 Å². The molecule has 80 valence electrons. The van der Waals surface area contributed by atoms with E-state index in [1.54, 1.807) is 6.20 Å². The third-order valence-electron chi connectivity index (χ3n) is 2.84. The predicted octanol–water partition coefficient (Wildman–Crippen LogP) is 2.57. The lowest BCUT2D eigenvalue weighted by Crippen LogP contribution is -1.97. The van der Waals surface area contributed by atoms with Crippen molar-refractivity contribution in [2.24, 2.45) is 0 Å². The summed E-state index contributed by atoms with van der Waals surface area (Å²) in [4.78, 5) is 10.9. The van der Waals surface area contributed by atoms with Crippen LogP contribution < -0.4 is 0 Å². The number of fused-ring (bicyclic) bond motifs is 1. The molecule has 15 heavy (non-hydrogen) atoms. The molecule has 4 nitrogen and oxygen atoms in total. The van der Waals surface area contributed by atoms with Crippen LogP contribution in [0.5, 0.6) is 6.01 Å². The molecule has 2 aromatic rings. The molecule has 0 atom stereocenters. The topological polar surface area (TPSA) is 61.8 Å². The number of hydrogen-bond donors (Lipinski definition) is 2. The van der Waals surface area contributed by atoms with Gasteiger partial charge < -0.3 is 10.1 Å². The molecule has 0 fully saturated rings. The first-order chi connectivity index (χ1) is 7.26. The van der Waals surface area contributed by atoms with Crippen LogP contribution >= 0.6 is 0 Å². The van der Waals surface area contributed by atoms with Crippen LogP contribution in [0, 0.1) is 0 Å². The molecule has 0 spiro atoms. The maximum atomic E-state index is 9.30. The summed E-state index contributed by atoms with van der Waals surface area (Å²) in [6.07, 6.45) is 3.90. The highest BCUT2D eigenvalue weighted by molar-refractivity contribution is 5.75. The third kappa shape index (κ3) is 1.67. The maximum absolute atomic E-state index is 9.30. The van der Waals surface area contributed by atoms with E-state index < -0.39 is 0 Å². The van der Waals surface area contributed by atoms with Crippen molar-refractivity contribution in [3.05, 3.63) is 17.8 Å². The summed E-state index contributed by atoms with van der Waals surface area (Å²) in [5, 5.41) is 9.30. The summed E-state index contributed by atoms with van der Waals surface area (Å²) >= 11 is 0. The van der Waals surface area contributed by atoms with Crippen molar-refractivity contribution >= 4 is 11.2 Å². The lowest BCUT2D eigenvalue weighted by atomic mass is 9.94. The number of H-pyrrole nitrogens is 1. The van der Waals surface area contributed by atoms with Crippen LogP contribution in [0.4, 0.5) is 0 Å². The lowest BCUT2D eigenvalue weighted by Gasteiger charge is -2.12. The van der Waals surface area contributed by atoms with Crippen LogP contribution in [0.3, 0.4) is 0 Å². The van der Waals surface area contributed by atoms with Crippen LogP contribution in [0.2, 0.25) is 0 Å². The monoisotopic (exact) mass is 205 g/mol. The Balaban J connectivity index is 2.58. The number of hydrogen-bond acceptors (Lipinski definition) is 3. The molecule has 0 aromatic carbocycles. The van der Waals surface area contributed by atoms with Gasteiger partial charge in [-0.05, 0) is 30.4 Å². The normalized spacial score (nSPS) is 11.4. The highest BCUT2D eigenvalue weighted by Gasteiger charge is 2.13. The molecule has 0 aliphatic heterocycles. The quantitative estimate of drug-likeness (QED) is 0.809. The van der Waals surface area contributed by atoms with Crippen molar-refractivity contribution in [1.82, 2.24) is 15.0 Å². The number of aromatic amines is 1. The fourth-order valence-electron chi connectivity index (χ4n) is 1.99. The molecular formula is C11H15N3O. The first-order valence-corrected chi connectivity index (χ1v) is 5.29. The molecule has 0 amide bonds. The summed E-state index contributed by atoms with van der Waals surface area (Å²) in [5.74, 6) is 0.496. The Bertz CT molecular complexity index is 460. The molecule has 2 rings (SSSR count). The van der Waals surface area contributed by atoms with E-state index in [1.165, 1.54) is 5.56 Å². The standard InChI is InChI=1S/C11H15N3O/c1-3-7(4-2)8-5-6-12-10-9(8)13-11(15)14-10/h5-7H,3-4H2,1-2H3,(H2,12,13,14,15). The van der Waals surface area contributed by atoms with E-state index in [9.17, 15) is 5.11 Å². The minimum atomic E-state index is -0.0593. The molecule has 2 aromatic heterocycles. The lowest BCUT2D eigenvalue weighted by molar-refractivity contribution is 0.438. The molecule has 0 unspecified atom stereocenters. The summed E-state index contributed by atoms with van der Waals surface area (Å²) in [6.45, 7) is 4.33. The van der Waals surface area contributed by atoms with E-state index in [4.69, 9.17) is 0 Å². The molecule has 0 bridgehead atoms. The van der Waals surface area contributed by atoms with Crippen molar-refractivity contribution in [1.29, 1.82) is 0 Å². The van der Waals surface area contributed by atoms with Gasteiger partial charge in [0.2, 0.25) is 0 Å². The van der Waals surface area contributed by atoms with E-state index in [-0.39, 0.29) is 6.01 Å². The number of pyridine rings is 1. The molecule has 0 saturated heterocycles. The maximum Gasteiger partial charge on any atom is 0.293 e. The number of imidazole rings is 1. The molecule has 0 saturated carbocycles. The first kappa shape index (κ1) is 9.96. The SMILES string of the molecule is CCC(CC)c1ccnc2nc(O)[nH]c12. The summed E-state index contributed by atoms with van der Waals surface area (Å²) in [7, 11) is 0. The van der Waals surface area contributed by atoms with Crippen LogP contribution in [-0.4, -0.2) is 20.1 Å². The molecular weight excluding hydrogens is 190 g/mol.